The van der Waals surface area contributed by atoms with Crippen molar-refractivity contribution < 1.29 is 9.53 Å². The highest BCUT2D eigenvalue weighted by atomic mass is 32.1. The predicted octanol–water partition coefficient (Wildman–Crippen LogP) is 2.34. The number of rotatable bonds is 3. The fourth-order valence-corrected chi connectivity index (χ4v) is 2.02. The number of aryl methyl sites for hydroxylation is 1. The highest BCUT2D eigenvalue weighted by Gasteiger charge is 2.13. The van der Waals surface area contributed by atoms with Crippen LogP contribution in [0.5, 0.6) is 0 Å². The Balaban J connectivity index is 3.21. The van der Waals surface area contributed by atoms with Crippen LogP contribution in [0, 0.1) is 29.8 Å². The molecule has 0 fully saturated rings. The summed E-state index contributed by atoms with van der Waals surface area (Å²) in [6.45, 7) is 5.74. The number of aromatic amines is 1. The number of nitrogens with zero attached hydrogens (tertiary/aromatic N) is 1. The predicted molar refractivity (Wildman–Crippen MR) is 66.2 cm³/mol. The molecule has 1 N–H and O–H groups in total. The maximum absolute atomic E-state index is 11.5. The summed E-state index contributed by atoms with van der Waals surface area (Å²) in [7, 11) is 0. The smallest absolute Gasteiger partial charge is 0.310 e. The molecule has 0 unspecified atom stereocenters. The molecule has 1 heterocycles. The van der Waals surface area contributed by atoms with Crippen molar-refractivity contribution in [1.82, 2.24) is 4.98 Å². The number of pyridine rings is 1. The average molecular weight is 250 g/mol. The zero-order valence-electron chi connectivity index (χ0n) is 10.1. The summed E-state index contributed by atoms with van der Waals surface area (Å²) in [6.07, 6.45) is 0.159. The van der Waals surface area contributed by atoms with Gasteiger partial charge in [-0.3, -0.25) is 4.79 Å². The topological polar surface area (TPSA) is 65.9 Å². The zero-order valence-corrected chi connectivity index (χ0v) is 10.9. The van der Waals surface area contributed by atoms with Crippen LogP contribution in [0.3, 0.4) is 0 Å². The van der Waals surface area contributed by atoms with Gasteiger partial charge in [-0.15, -0.1) is 0 Å². The lowest BCUT2D eigenvalue weighted by molar-refractivity contribution is -0.142. The van der Waals surface area contributed by atoms with E-state index < -0.39 is 0 Å². The Morgan fingerprint density at radius 3 is 2.71 bits per heavy atom. The van der Waals surface area contributed by atoms with Gasteiger partial charge in [-0.25, -0.2) is 0 Å². The van der Waals surface area contributed by atoms with Crippen LogP contribution in [0.4, 0.5) is 0 Å². The summed E-state index contributed by atoms with van der Waals surface area (Å²) in [5.41, 5.74) is 2.76. The molecular weight excluding hydrogens is 236 g/mol. The minimum Gasteiger partial charge on any atom is -0.466 e. The quantitative estimate of drug-likeness (QED) is 0.660. The van der Waals surface area contributed by atoms with Crippen molar-refractivity contribution in [3.8, 4) is 6.07 Å². The summed E-state index contributed by atoms with van der Waals surface area (Å²) < 4.78 is 5.31. The van der Waals surface area contributed by atoms with Gasteiger partial charge in [0.2, 0.25) is 0 Å². The fourth-order valence-electron chi connectivity index (χ4n) is 1.67. The van der Waals surface area contributed by atoms with E-state index in [0.29, 0.717) is 16.8 Å². The Kier molecular flexibility index (Phi) is 4.41. The number of ether oxygens (including phenoxy) is 1. The number of H-pyrrole nitrogens is 1. The first kappa shape index (κ1) is 13.4. The maximum atomic E-state index is 11.5. The van der Waals surface area contributed by atoms with Crippen molar-refractivity contribution in [3.63, 3.8) is 0 Å². The van der Waals surface area contributed by atoms with Crippen LogP contribution in [0.2, 0.25) is 0 Å². The number of carbonyl (C=O) groups excluding carboxylic acids is 1. The zero-order chi connectivity index (χ0) is 13.0. The standard InChI is InChI=1S/C12H14N2O2S/c1-4-16-11(15)5-9-7(2)10(6-13)12(17)14-8(9)3/h4-5H2,1-3H3,(H,14,17). The monoisotopic (exact) mass is 250 g/mol. The van der Waals surface area contributed by atoms with E-state index in [1.54, 1.807) is 13.8 Å². The second kappa shape index (κ2) is 5.60. The third-order valence-electron chi connectivity index (χ3n) is 2.55. The van der Waals surface area contributed by atoms with Crippen LogP contribution < -0.4 is 0 Å². The van der Waals surface area contributed by atoms with Crippen LogP contribution >= 0.6 is 12.2 Å². The summed E-state index contributed by atoms with van der Waals surface area (Å²) in [4.78, 5) is 14.4. The van der Waals surface area contributed by atoms with E-state index in [2.05, 4.69) is 4.98 Å². The molecule has 4 nitrogen and oxygen atoms in total. The highest BCUT2D eigenvalue weighted by molar-refractivity contribution is 7.71. The third-order valence-corrected chi connectivity index (χ3v) is 2.85. The lowest BCUT2D eigenvalue weighted by Crippen LogP contribution is -2.11. The first-order valence-electron chi connectivity index (χ1n) is 5.29. The Morgan fingerprint density at radius 1 is 1.53 bits per heavy atom. The van der Waals surface area contributed by atoms with Gasteiger partial charge in [-0.2, -0.15) is 5.26 Å². The number of hydrogen-bond acceptors (Lipinski definition) is 4. The van der Waals surface area contributed by atoms with Gasteiger partial charge in [0, 0.05) is 5.69 Å². The summed E-state index contributed by atoms with van der Waals surface area (Å²) in [6, 6.07) is 2.05. The molecule has 0 radical (unpaired) electrons. The van der Waals surface area contributed by atoms with Gasteiger partial charge >= 0.3 is 5.97 Å². The normalized spacial score (nSPS) is 9.76. The van der Waals surface area contributed by atoms with Crippen molar-refractivity contribution in [2.75, 3.05) is 6.61 Å². The molecule has 1 rings (SSSR count). The van der Waals surface area contributed by atoms with Crippen LogP contribution in [0.15, 0.2) is 0 Å². The fraction of sp³-hybridized carbons (Fsp3) is 0.417. The van der Waals surface area contributed by atoms with Crippen LogP contribution in [-0.4, -0.2) is 17.6 Å². The van der Waals surface area contributed by atoms with E-state index in [1.165, 1.54) is 0 Å². The third kappa shape index (κ3) is 2.92. The molecule has 0 atom stereocenters. The highest BCUT2D eigenvalue weighted by Crippen LogP contribution is 2.17. The van der Waals surface area contributed by atoms with Gasteiger partial charge in [0.25, 0.3) is 0 Å². The molecule has 0 aromatic carbocycles. The Bertz CT molecular complexity index is 541. The lowest BCUT2D eigenvalue weighted by Gasteiger charge is -2.10. The first-order valence-corrected chi connectivity index (χ1v) is 5.70. The number of carbonyl (C=O) groups is 1. The number of hydrogen-bond donors (Lipinski definition) is 1. The molecule has 0 saturated heterocycles. The number of esters is 1. The molecule has 0 aliphatic rings. The van der Waals surface area contributed by atoms with Gasteiger partial charge in [-0.1, -0.05) is 12.2 Å². The molecule has 0 saturated carbocycles. The van der Waals surface area contributed by atoms with Gasteiger partial charge in [-0.05, 0) is 31.9 Å². The van der Waals surface area contributed by atoms with Crippen molar-refractivity contribution in [2.45, 2.75) is 27.2 Å². The maximum Gasteiger partial charge on any atom is 0.310 e. The van der Waals surface area contributed by atoms with E-state index in [9.17, 15) is 4.79 Å². The van der Waals surface area contributed by atoms with Crippen molar-refractivity contribution in [2.24, 2.45) is 0 Å². The van der Waals surface area contributed by atoms with Crippen molar-refractivity contribution in [1.29, 1.82) is 5.26 Å². The first-order chi connectivity index (χ1) is 8.01. The molecule has 1 aromatic rings. The number of aromatic nitrogens is 1. The molecule has 90 valence electrons. The van der Waals surface area contributed by atoms with Gasteiger partial charge in [0.05, 0.1) is 18.6 Å². The van der Waals surface area contributed by atoms with Crippen molar-refractivity contribution in [3.05, 3.63) is 27.0 Å². The molecule has 5 heteroatoms. The van der Waals surface area contributed by atoms with Gasteiger partial charge < -0.3 is 9.72 Å². The molecule has 0 bridgehead atoms. The minimum atomic E-state index is -0.298. The van der Waals surface area contributed by atoms with E-state index >= 15 is 0 Å². The van der Waals surface area contributed by atoms with E-state index in [4.69, 9.17) is 22.2 Å². The summed E-state index contributed by atoms with van der Waals surface area (Å²) in [5, 5.41) is 9.00. The number of nitrogens with one attached hydrogen (secondary N) is 1. The summed E-state index contributed by atoms with van der Waals surface area (Å²) in [5.74, 6) is -0.298. The van der Waals surface area contributed by atoms with E-state index in [-0.39, 0.29) is 12.4 Å². The Hall–Kier alpha value is -1.67. The average Bonchev–Trinajstić information content (AvgIpc) is 2.25. The second-order valence-corrected chi connectivity index (χ2v) is 4.06. The van der Waals surface area contributed by atoms with Crippen LogP contribution in [-0.2, 0) is 16.0 Å². The Labute approximate surface area is 105 Å². The number of nitriles is 1. The SMILES string of the molecule is CCOC(=O)Cc1c(C)[nH]c(=S)c(C#N)c1C. The molecule has 0 amide bonds. The molecule has 0 aliphatic carbocycles. The molecule has 0 spiro atoms. The second-order valence-electron chi connectivity index (χ2n) is 3.65. The minimum absolute atomic E-state index is 0.159. The summed E-state index contributed by atoms with van der Waals surface area (Å²) >= 11 is 5.06. The Morgan fingerprint density at radius 2 is 2.18 bits per heavy atom. The molecular formula is C12H14N2O2S. The van der Waals surface area contributed by atoms with E-state index in [0.717, 1.165) is 16.8 Å². The molecule has 0 aliphatic heterocycles. The van der Waals surface area contributed by atoms with Crippen LogP contribution in [0.25, 0.3) is 0 Å². The van der Waals surface area contributed by atoms with E-state index in [1.807, 2.05) is 13.0 Å². The molecule has 1 aromatic heterocycles. The lowest BCUT2D eigenvalue weighted by atomic mass is 10.0. The van der Waals surface area contributed by atoms with Crippen molar-refractivity contribution >= 4 is 18.2 Å². The van der Waals surface area contributed by atoms with Gasteiger partial charge in [0.15, 0.2) is 0 Å². The van der Waals surface area contributed by atoms with Crippen LogP contribution in [0.1, 0.15) is 29.3 Å². The van der Waals surface area contributed by atoms with Gasteiger partial charge in [0.1, 0.15) is 10.7 Å². The largest absolute Gasteiger partial charge is 0.466 e. The molecule has 17 heavy (non-hydrogen) atoms.